The number of allylic oxidation sites excluding steroid dienone is 1. The fraction of sp³-hybridized carbons (Fsp3) is 0.0625. The zero-order valence-electron chi connectivity index (χ0n) is 10.6. The lowest BCUT2D eigenvalue weighted by Crippen LogP contribution is -1.81. The van der Waals surface area contributed by atoms with E-state index in [9.17, 15) is 4.39 Å². The third-order valence-electron chi connectivity index (χ3n) is 2.54. The van der Waals surface area contributed by atoms with Crippen molar-refractivity contribution < 1.29 is 9.13 Å². The van der Waals surface area contributed by atoms with Crippen LogP contribution in [0.3, 0.4) is 0 Å². The maximum absolute atomic E-state index is 12.7. The first-order valence-electron chi connectivity index (χ1n) is 5.88. The van der Waals surface area contributed by atoms with E-state index in [0.717, 1.165) is 17.0 Å². The Kier molecular flexibility index (Phi) is 4.45. The molecule has 2 aromatic carbocycles. The molecule has 2 nitrogen and oxygen atoms in total. The summed E-state index contributed by atoms with van der Waals surface area (Å²) in [4.78, 5) is 4.19. The van der Waals surface area contributed by atoms with Crippen molar-refractivity contribution in [3.8, 4) is 5.75 Å². The maximum atomic E-state index is 12.7. The second-order valence-electron chi connectivity index (χ2n) is 3.89. The molecule has 0 atom stereocenters. The Balaban J connectivity index is 1.96. The van der Waals surface area contributed by atoms with Crippen molar-refractivity contribution in [1.29, 1.82) is 0 Å². The third kappa shape index (κ3) is 4.07. The van der Waals surface area contributed by atoms with Crippen molar-refractivity contribution in [3.05, 3.63) is 66.0 Å². The van der Waals surface area contributed by atoms with E-state index < -0.39 is 0 Å². The van der Waals surface area contributed by atoms with Gasteiger partial charge in [0.05, 0.1) is 12.8 Å². The molecule has 0 N–H and O–H groups in total. The minimum absolute atomic E-state index is 0.257. The van der Waals surface area contributed by atoms with E-state index in [4.69, 9.17) is 4.74 Å². The Morgan fingerprint density at radius 1 is 1.00 bits per heavy atom. The first kappa shape index (κ1) is 13.0. The van der Waals surface area contributed by atoms with Gasteiger partial charge in [-0.1, -0.05) is 18.2 Å². The van der Waals surface area contributed by atoms with Crippen LogP contribution in [0.2, 0.25) is 0 Å². The number of halogens is 1. The van der Waals surface area contributed by atoms with Gasteiger partial charge in [0.1, 0.15) is 11.6 Å². The smallest absolute Gasteiger partial charge is 0.123 e. The van der Waals surface area contributed by atoms with E-state index >= 15 is 0 Å². The van der Waals surface area contributed by atoms with Crippen LogP contribution in [-0.4, -0.2) is 13.3 Å². The Bertz CT molecular complexity index is 571. The molecule has 0 aromatic heterocycles. The molecule has 0 bridgehead atoms. The van der Waals surface area contributed by atoms with Crippen LogP contribution in [-0.2, 0) is 0 Å². The molecule has 2 aromatic rings. The molecule has 2 rings (SSSR count). The summed E-state index contributed by atoms with van der Waals surface area (Å²) in [5.74, 6) is 0.574. The Morgan fingerprint density at radius 2 is 1.68 bits per heavy atom. The number of benzene rings is 2. The molecule has 0 aliphatic carbocycles. The van der Waals surface area contributed by atoms with E-state index in [0.29, 0.717) is 0 Å². The van der Waals surface area contributed by atoms with Crippen molar-refractivity contribution in [2.75, 3.05) is 7.11 Å². The first-order valence-corrected chi connectivity index (χ1v) is 5.88. The molecule has 0 saturated heterocycles. The number of nitrogens with zero attached hydrogens (tertiary/aromatic N) is 1. The van der Waals surface area contributed by atoms with Crippen molar-refractivity contribution in [2.24, 2.45) is 4.99 Å². The molecule has 0 amide bonds. The Labute approximate surface area is 111 Å². The highest BCUT2D eigenvalue weighted by molar-refractivity contribution is 5.80. The van der Waals surface area contributed by atoms with Crippen molar-refractivity contribution >= 4 is 18.0 Å². The third-order valence-corrected chi connectivity index (χ3v) is 2.54. The summed E-state index contributed by atoms with van der Waals surface area (Å²) in [7, 11) is 1.64. The number of ether oxygens (including phenoxy) is 1. The summed E-state index contributed by atoms with van der Waals surface area (Å²) in [5, 5.41) is 0. The number of hydrogen-bond donors (Lipinski definition) is 0. The quantitative estimate of drug-likeness (QED) is 0.748. The average molecular weight is 255 g/mol. The Hall–Kier alpha value is -2.42. The molecule has 19 heavy (non-hydrogen) atoms. The topological polar surface area (TPSA) is 21.6 Å². The van der Waals surface area contributed by atoms with Crippen molar-refractivity contribution in [3.63, 3.8) is 0 Å². The van der Waals surface area contributed by atoms with Gasteiger partial charge in [0.2, 0.25) is 0 Å². The van der Waals surface area contributed by atoms with Crippen molar-refractivity contribution in [2.45, 2.75) is 0 Å². The second kappa shape index (κ2) is 6.50. The van der Waals surface area contributed by atoms with Crippen LogP contribution >= 0.6 is 0 Å². The second-order valence-corrected chi connectivity index (χ2v) is 3.89. The van der Waals surface area contributed by atoms with Crippen molar-refractivity contribution in [1.82, 2.24) is 0 Å². The van der Waals surface area contributed by atoms with Gasteiger partial charge in [0.25, 0.3) is 0 Å². The molecular weight excluding hydrogens is 241 g/mol. The van der Waals surface area contributed by atoms with Crippen LogP contribution in [0, 0.1) is 5.82 Å². The van der Waals surface area contributed by atoms with E-state index in [2.05, 4.69) is 4.99 Å². The van der Waals surface area contributed by atoms with E-state index in [1.54, 1.807) is 25.5 Å². The van der Waals surface area contributed by atoms with Gasteiger partial charge >= 0.3 is 0 Å². The molecule has 0 saturated carbocycles. The van der Waals surface area contributed by atoms with Gasteiger partial charge in [-0.15, -0.1) is 0 Å². The fourth-order valence-corrected chi connectivity index (χ4v) is 1.53. The highest BCUT2D eigenvalue weighted by Crippen LogP contribution is 2.13. The molecule has 0 radical (unpaired) electrons. The first-order chi connectivity index (χ1) is 9.28. The summed E-state index contributed by atoms with van der Waals surface area (Å²) in [6, 6.07) is 13.8. The summed E-state index contributed by atoms with van der Waals surface area (Å²) in [6.45, 7) is 0. The molecule has 0 unspecified atom stereocenters. The number of hydrogen-bond acceptors (Lipinski definition) is 2. The van der Waals surface area contributed by atoms with E-state index in [1.165, 1.54) is 12.1 Å². The highest BCUT2D eigenvalue weighted by Gasteiger charge is 1.90. The maximum Gasteiger partial charge on any atom is 0.123 e. The lowest BCUT2D eigenvalue weighted by molar-refractivity contribution is 0.415. The molecule has 0 aliphatic heterocycles. The monoisotopic (exact) mass is 255 g/mol. The van der Waals surface area contributed by atoms with Gasteiger partial charge < -0.3 is 4.74 Å². The number of aliphatic imine (C=N–C) groups is 1. The van der Waals surface area contributed by atoms with Crippen LogP contribution in [0.4, 0.5) is 10.1 Å². The van der Waals surface area contributed by atoms with Gasteiger partial charge in [0, 0.05) is 6.21 Å². The minimum Gasteiger partial charge on any atom is -0.497 e. The zero-order chi connectivity index (χ0) is 13.5. The summed E-state index contributed by atoms with van der Waals surface area (Å²) < 4.78 is 17.8. The SMILES string of the molecule is COc1ccc(/C=C/C=Nc2ccc(F)cc2)cc1. The standard InChI is InChI=1S/C16H14FNO/c1-19-16-10-4-13(5-11-16)3-2-12-18-15-8-6-14(17)7-9-15/h2-12H,1H3/b3-2+,18-12?. The number of methoxy groups -OCH3 is 1. The summed E-state index contributed by atoms with van der Waals surface area (Å²) in [5.41, 5.74) is 1.78. The van der Waals surface area contributed by atoms with Crippen LogP contribution in [0.25, 0.3) is 6.08 Å². The van der Waals surface area contributed by atoms with Crippen LogP contribution in [0.5, 0.6) is 5.75 Å². The van der Waals surface area contributed by atoms with Gasteiger partial charge in [0.15, 0.2) is 0 Å². The lowest BCUT2D eigenvalue weighted by Gasteiger charge is -1.98. The summed E-state index contributed by atoms with van der Waals surface area (Å²) in [6.07, 6.45) is 5.45. The molecular formula is C16H14FNO. The zero-order valence-corrected chi connectivity index (χ0v) is 10.6. The highest BCUT2D eigenvalue weighted by atomic mass is 19.1. The Morgan fingerprint density at radius 3 is 2.32 bits per heavy atom. The lowest BCUT2D eigenvalue weighted by atomic mass is 10.2. The van der Waals surface area contributed by atoms with Gasteiger partial charge in [-0.25, -0.2) is 4.39 Å². The van der Waals surface area contributed by atoms with Crippen LogP contribution in [0.15, 0.2) is 59.6 Å². The number of rotatable bonds is 4. The van der Waals surface area contributed by atoms with Gasteiger partial charge in [-0.2, -0.15) is 0 Å². The molecule has 0 fully saturated rings. The predicted molar refractivity (Wildman–Crippen MR) is 76.6 cm³/mol. The summed E-state index contributed by atoms with van der Waals surface area (Å²) >= 11 is 0. The molecule has 3 heteroatoms. The molecule has 0 heterocycles. The minimum atomic E-state index is -0.257. The molecule has 0 aliphatic rings. The fourth-order valence-electron chi connectivity index (χ4n) is 1.53. The van der Waals surface area contributed by atoms with Gasteiger partial charge in [-0.05, 0) is 48.0 Å². The molecule has 0 spiro atoms. The van der Waals surface area contributed by atoms with E-state index in [-0.39, 0.29) is 5.82 Å². The average Bonchev–Trinajstić information content (AvgIpc) is 2.46. The van der Waals surface area contributed by atoms with E-state index in [1.807, 2.05) is 36.4 Å². The van der Waals surface area contributed by atoms with Crippen LogP contribution in [0.1, 0.15) is 5.56 Å². The normalized spacial score (nSPS) is 11.3. The van der Waals surface area contributed by atoms with Crippen LogP contribution < -0.4 is 4.74 Å². The molecule has 96 valence electrons. The van der Waals surface area contributed by atoms with Gasteiger partial charge in [-0.3, -0.25) is 4.99 Å². The predicted octanol–water partition coefficient (Wildman–Crippen LogP) is 4.25. The largest absolute Gasteiger partial charge is 0.497 e.